The van der Waals surface area contributed by atoms with Gasteiger partial charge in [0.2, 0.25) is 0 Å². The lowest BCUT2D eigenvalue weighted by Gasteiger charge is -2.25. The van der Waals surface area contributed by atoms with Crippen LogP contribution in [0.5, 0.6) is 0 Å². The van der Waals surface area contributed by atoms with Gasteiger partial charge in [-0.15, -0.1) is 0 Å². The second-order valence-electron chi connectivity index (χ2n) is 3.85. The van der Waals surface area contributed by atoms with Crippen molar-refractivity contribution in [1.82, 2.24) is 0 Å². The number of halogens is 2. The van der Waals surface area contributed by atoms with E-state index in [1.807, 2.05) is 19.1 Å². The first-order valence-electron chi connectivity index (χ1n) is 4.79. The fourth-order valence-electron chi connectivity index (χ4n) is 1.62. The lowest BCUT2D eigenvalue weighted by atomic mass is 9.88. The molecule has 0 aliphatic heterocycles. The molecule has 2 N–H and O–H groups in total. The van der Waals surface area contributed by atoms with Crippen LogP contribution in [0.15, 0.2) is 44.0 Å². The molecular weight excluding hydrogens is 350 g/mol. The van der Waals surface area contributed by atoms with Gasteiger partial charge in [-0.1, -0.05) is 28.1 Å². The number of thiophene rings is 1. The average molecular weight is 361 g/mol. The third kappa shape index (κ3) is 2.25. The van der Waals surface area contributed by atoms with Gasteiger partial charge in [0.15, 0.2) is 0 Å². The summed E-state index contributed by atoms with van der Waals surface area (Å²) in [7, 11) is 0. The molecule has 0 fully saturated rings. The van der Waals surface area contributed by atoms with E-state index in [1.165, 1.54) is 0 Å². The average Bonchev–Trinajstić information content (AvgIpc) is 2.65. The maximum Gasteiger partial charge on any atom is 0.0656 e. The Labute approximate surface area is 116 Å². The van der Waals surface area contributed by atoms with Crippen molar-refractivity contribution in [3.8, 4) is 0 Å². The lowest BCUT2D eigenvalue weighted by molar-refractivity contribution is 0.602. The highest BCUT2D eigenvalue weighted by Gasteiger charge is 2.26. The number of nitrogens with two attached hydrogens (primary N) is 1. The standard InChI is InChI=1S/C12H11Br2NS/c1-12(15,10-6-16-7-11(10)14)8-3-2-4-9(13)5-8/h2-7H,15H2,1H3. The van der Waals surface area contributed by atoms with Gasteiger partial charge < -0.3 is 5.73 Å². The van der Waals surface area contributed by atoms with Crippen LogP contribution in [0.1, 0.15) is 18.1 Å². The summed E-state index contributed by atoms with van der Waals surface area (Å²) in [5.74, 6) is 0. The molecule has 1 aromatic carbocycles. The molecule has 2 aromatic rings. The van der Waals surface area contributed by atoms with Crippen LogP contribution in [0, 0.1) is 0 Å². The van der Waals surface area contributed by atoms with E-state index in [0.717, 1.165) is 20.1 Å². The Morgan fingerprint density at radius 2 is 2.00 bits per heavy atom. The predicted molar refractivity (Wildman–Crippen MR) is 76.8 cm³/mol. The summed E-state index contributed by atoms with van der Waals surface area (Å²) in [6.45, 7) is 2.03. The Bertz CT molecular complexity index is 505. The number of rotatable bonds is 2. The van der Waals surface area contributed by atoms with Gasteiger partial charge in [0, 0.05) is 19.9 Å². The second-order valence-corrected chi connectivity index (χ2v) is 6.36. The first-order chi connectivity index (χ1) is 7.51. The third-order valence-corrected chi connectivity index (χ3v) is 4.79. The molecule has 1 unspecified atom stereocenters. The van der Waals surface area contributed by atoms with Gasteiger partial charge in [-0.25, -0.2) is 0 Å². The number of hydrogen-bond acceptors (Lipinski definition) is 2. The number of hydrogen-bond donors (Lipinski definition) is 1. The summed E-state index contributed by atoms with van der Waals surface area (Å²) >= 11 is 8.66. The Balaban J connectivity index is 2.51. The van der Waals surface area contributed by atoms with Crippen molar-refractivity contribution in [3.05, 3.63) is 55.1 Å². The van der Waals surface area contributed by atoms with E-state index in [9.17, 15) is 0 Å². The smallest absolute Gasteiger partial charge is 0.0656 e. The molecule has 16 heavy (non-hydrogen) atoms. The monoisotopic (exact) mass is 359 g/mol. The van der Waals surface area contributed by atoms with Crippen molar-refractivity contribution in [2.45, 2.75) is 12.5 Å². The number of benzene rings is 1. The third-order valence-electron chi connectivity index (χ3n) is 2.60. The van der Waals surface area contributed by atoms with Crippen LogP contribution in [0.3, 0.4) is 0 Å². The quantitative estimate of drug-likeness (QED) is 0.838. The second kappa shape index (κ2) is 4.61. The summed E-state index contributed by atoms with van der Waals surface area (Å²) in [6, 6.07) is 8.12. The van der Waals surface area contributed by atoms with E-state index in [0.29, 0.717) is 0 Å². The minimum atomic E-state index is -0.470. The zero-order chi connectivity index (χ0) is 11.8. The summed E-state index contributed by atoms with van der Waals surface area (Å²) in [6.07, 6.45) is 0. The normalized spacial score (nSPS) is 14.8. The SMILES string of the molecule is CC(N)(c1cccc(Br)c1)c1cscc1Br. The molecule has 84 valence electrons. The molecule has 0 saturated heterocycles. The molecular formula is C12H11Br2NS. The van der Waals surface area contributed by atoms with E-state index in [-0.39, 0.29) is 0 Å². The maximum atomic E-state index is 6.43. The molecule has 1 heterocycles. The summed E-state index contributed by atoms with van der Waals surface area (Å²) in [5.41, 5.74) is 8.18. The molecule has 1 nitrogen and oxygen atoms in total. The molecule has 1 atom stereocenters. The highest BCUT2D eigenvalue weighted by molar-refractivity contribution is 9.10. The molecule has 0 bridgehead atoms. The fourth-order valence-corrected chi connectivity index (χ4v) is 3.84. The Morgan fingerprint density at radius 1 is 1.25 bits per heavy atom. The van der Waals surface area contributed by atoms with Gasteiger partial charge in [-0.05, 0) is 45.9 Å². The summed E-state index contributed by atoms with van der Waals surface area (Å²) in [5, 5.41) is 4.14. The van der Waals surface area contributed by atoms with E-state index in [4.69, 9.17) is 5.73 Å². The van der Waals surface area contributed by atoms with Crippen molar-refractivity contribution in [1.29, 1.82) is 0 Å². The lowest BCUT2D eigenvalue weighted by Crippen LogP contribution is -2.34. The largest absolute Gasteiger partial charge is 0.318 e. The Kier molecular flexibility index (Phi) is 3.54. The van der Waals surface area contributed by atoms with Gasteiger partial charge in [-0.3, -0.25) is 0 Å². The Hall–Kier alpha value is -0.160. The van der Waals surface area contributed by atoms with Crippen LogP contribution < -0.4 is 5.73 Å². The fraction of sp³-hybridized carbons (Fsp3) is 0.167. The van der Waals surface area contributed by atoms with Crippen LogP contribution in [0.25, 0.3) is 0 Å². The zero-order valence-corrected chi connectivity index (χ0v) is 12.7. The minimum absolute atomic E-state index is 0.470. The highest BCUT2D eigenvalue weighted by Crippen LogP contribution is 2.35. The van der Waals surface area contributed by atoms with Gasteiger partial charge in [0.25, 0.3) is 0 Å². The molecule has 4 heteroatoms. The van der Waals surface area contributed by atoms with Crippen LogP contribution in [-0.2, 0) is 5.54 Å². The molecule has 1 aromatic heterocycles. The minimum Gasteiger partial charge on any atom is -0.318 e. The van der Waals surface area contributed by atoms with Gasteiger partial charge in [-0.2, -0.15) is 11.3 Å². The van der Waals surface area contributed by atoms with Crippen LogP contribution in [0.2, 0.25) is 0 Å². The molecule has 0 aliphatic rings. The van der Waals surface area contributed by atoms with Crippen molar-refractivity contribution < 1.29 is 0 Å². The molecule has 0 radical (unpaired) electrons. The Morgan fingerprint density at radius 3 is 2.56 bits per heavy atom. The van der Waals surface area contributed by atoms with Gasteiger partial charge in [0.05, 0.1) is 5.54 Å². The van der Waals surface area contributed by atoms with Crippen molar-refractivity contribution in [2.24, 2.45) is 5.73 Å². The molecule has 0 aliphatic carbocycles. The zero-order valence-electron chi connectivity index (χ0n) is 8.71. The van der Waals surface area contributed by atoms with E-state index >= 15 is 0 Å². The van der Waals surface area contributed by atoms with E-state index in [1.54, 1.807) is 11.3 Å². The molecule has 0 amide bonds. The van der Waals surface area contributed by atoms with Crippen molar-refractivity contribution >= 4 is 43.2 Å². The summed E-state index contributed by atoms with van der Waals surface area (Å²) in [4.78, 5) is 0. The van der Waals surface area contributed by atoms with Gasteiger partial charge >= 0.3 is 0 Å². The molecule has 2 rings (SSSR count). The molecule has 0 saturated carbocycles. The van der Waals surface area contributed by atoms with Crippen molar-refractivity contribution in [3.63, 3.8) is 0 Å². The summed E-state index contributed by atoms with van der Waals surface area (Å²) < 4.78 is 2.12. The van der Waals surface area contributed by atoms with E-state index < -0.39 is 5.54 Å². The highest BCUT2D eigenvalue weighted by atomic mass is 79.9. The maximum absolute atomic E-state index is 6.43. The predicted octanol–water partition coefficient (Wildman–Crippen LogP) is 4.50. The first-order valence-corrected chi connectivity index (χ1v) is 7.32. The van der Waals surface area contributed by atoms with Crippen LogP contribution in [-0.4, -0.2) is 0 Å². The first kappa shape index (κ1) is 12.3. The van der Waals surface area contributed by atoms with Crippen LogP contribution in [0.4, 0.5) is 0 Å². The van der Waals surface area contributed by atoms with Gasteiger partial charge in [0.1, 0.15) is 0 Å². The molecule has 0 spiro atoms. The van der Waals surface area contributed by atoms with Crippen LogP contribution >= 0.6 is 43.2 Å². The topological polar surface area (TPSA) is 26.0 Å². The van der Waals surface area contributed by atoms with Crippen molar-refractivity contribution in [2.75, 3.05) is 0 Å². The van der Waals surface area contributed by atoms with E-state index in [2.05, 4.69) is 54.8 Å².